The Morgan fingerprint density at radius 2 is 1.70 bits per heavy atom. The zero-order valence-electron chi connectivity index (χ0n) is 12.5. The van der Waals surface area contributed by atoms with E-state index in [2.05, 4.69) is 57.2 Å². The first-order chi connectivity index (χ1) is 9.62. The Morgan fingerprint density at radius 1 is 1.05 bits per heavy atom. The van der Waals surface area contributed by atoms with Crippen LogP contribution in [0, 0.1) is 18.3 Å². The van der Waals surface area contributed by atoms with Crippen LogP contribution < -0.4 is 0 Å². The summed E-state index contributed by atoms with van der Waals surface area (Å²) in [4.78, 5) is 0. The van der Waals surface area contributed by atoms with Crippen LogP contribution in [0.4, 0.5) is 0 Å². The summed E-state index contributed by atoms with van der Waals surface area (Å²) >= 11 is 0. The first kappa shape index (κ1) is 14.3. The maximum atomic E-state index is 9.11. The average molecular weight is 263 g/mol. The van der Waals surface area contributed by atoms with Crippen molar-refractivity contribution in [1.82, 2.24) is 0 Å². The fraction of sp³-hybridized carbons (Fsp3) is 0.316. The fourth-order valence-electron chi connectivity index (χ4n) is 2.52. The number of aryl methyl sites for hydroxylation is 2. The van der Waals surface area contributed by atoms with Crippen molar-refractivity contribution in [2.75, 3.05) is 0 Å². The molecule has 0 fully saturated rings. The van der Waals surface area contributed by atoms with Crippen LogP contribution >= 0.6 is 0 Å². The highest BCUT2D eigenvalue weighted by Gasteiger charge is 2.08. The zero-order chi connectivity index (χ0) is 14.5. The van der Waals surface area contributed by atoms with Crippen LogP contribution in [-0.2, 0) is 12.8 Å². The molecule has 0 aliphatic carbocycles. The highest BCUT2D eigenvalue weighted by atomic mass is 14.2. The van der Waals surface area contributed by atoms with Crippen molar-refractivity contribution in [2.45, 2.75) is 39.5 Å². The predicted octanol–water partition coefficient (Wildman–Crippen LogP) is 4.78. The Balaban J connectivity index is 2.21. The van der Waals surface area contributed by atoms with Gasteiger partial charge in [0.1, 0.15) is 0 Å². The second-order valence-corrected chi connectivity index (χ2v) is 5.52. The molecule has 0 aromatic heterocycles. The minimum absolute atomic E-state index is 0.467. The molecule has 0 amide bonds. The van der Waals surface area contributed by atoms with E-state index in [1.165, 1.54) is 22.3 Å². The maximum Gasteiger partial charge on any atom is 0.0991 e. The molecule has 1 heteroatoms. The number of benzene rings is 2. The van der Waals surface area contributed by atoms with E-state index in [4.69, 9.17) is 5.26 Å². The molecule has 0 saturated carbocycles. The summed E-state index contributed by atoms with van der Waals surface area (Å²) in [6.07, 6.45) is 1.95. The van der Waals surface area contributed by atoms with Gasteiger partial charge in [-0.05, 0) is 54.5 Å². The summed E-state index contributed by atoms with van der Waals surface area (Å²) in [7, 11) is 0. The SMILES string of the molecule is CCc1cc(C#N)cc(CC(C)c2ccc(C)cc2)c1. The number of hydrogen-bond donors (Lipinski definition) is 0. The van der Waals surface area contributed by atoms with Crippen LogP contribution in [0.1, 0.15) is 47.6 Å². The molecule has 0 N–H and O–H groups in total. The standard InChI is InChI=1S/C19H21N/c1-4-16-10-17(12-18(11-16)13-20)9-15(3)19-7-5-14(2)6-8-19/h5-8,10-12,15H,4,9H2,1-3H3. The summed E-state index contributed by atoms with van der Waals surface area (Å²) < 4.78 is 0. The number of nitrogens with zero attached hydrogens (tertiary/aromatic N) is 1. The Morgan fingerprint density at radius 3 is 2.30 bits per heavy atom. The largest absolute Gasteiger partial charge is 0.192 e. The van der Waals surface area contributed by atoms with Gasteiger partial charge >= 0.3 is 0 Å². The third kappa shape index (κ3) is 3.48. The van der Waals surface area contributed by atoms with Gasteiger partial charge in [0, 0.05) is 0 Å². The van der Waals surface area contributed by atoms with Gasteiger partial charge in [-0.2, -0.15) is 5.26 Å². The highest BCUT2D eigenvalue weighted by Crippen LogP contribution is 2.22. The summed E-state index contributed by atoms with van der Waals surface area (Å²) in [5.74, 6) is 0.467. The molecule has 0 bridgehead atoms. The molecule has 102 valence electrons. The van der Waals surface area contributed by atoms with E-state index in [0.717, 1.165) is 18.4 Å². The molecule has 0 aliphatic rings. The lowest BCUT2D eigenvalue weighted by Crippen LogP contribution is -2.00. The third-order valence-corrected chi connectivity index (χ3v) is 3.78. The van der Waals surface area contributed by atoms with Crippen molar-refractivity contribution in [2.24, 2.45) is 0 Å². The van der Waals surface area contributed by atoms with Gasteiger partial charge in [0.15, 0.2) is 0 Å². The Labute approximate surface area is 121 Å². The molecule has 0 saturated heterocycles. The maximum absolute atomic E-state index is 9.11. The van der Waals surface area contributed by atoms with E-state index in [-0.39, 0.29) is 0 Å². The zero-order valence-corrected chi connectivity index (χ0v) is 12.5. The van der Waals surface area contributed by atoms with Crippen molar-refractivity contribution >= 4 is 0 Å². The molecule has 2 rings (SSSR count). The van der Waals surface area contributed by atoms with Gasteiger partial charge < -0.3 is 0 Å². The molecule has 0 radical (unpaired) electrons. The van der Waals surface area contributed by atoms with E-state index >= 15 is 0 Å². The van der Waals surface area contributed by atoms with Crippen molar-refractivity contribution in [3.63, 3.8) is 0 Å². The number of hydrogen-bond acceptors (Lipinski definition) is 1. The van der Waals surface area contributed by atoms with E-state index in [0.29, 0.717) is 5.92 Å². The lowest BCUT2D eigenvalue weighted by molar-refractivity contribution is 0.757. The first-order valence-corrected chi connectivity index (χ1v) is 7.22. The molecule has 2 aromatic carbocycles. The van der Waals surface area contributed by atoms with Crippen LogP contribution in [0.2, 0.25) is 0 Å². The van der Waals surface area contributed by atoms with Crippen molar-refractivity contribution in [3.05, 3.63) is 70.3 Å². The third-order valence-electron chi connectivity index (χ3n) is 3.78. The molecule has 2 aromatic rings. The van der Waals surface area contributed by atoms with E-state index in [1.807, 2.05) is 12.1 Å². The molecule has 1 unspecified atom stereocenters. The van der Waals surface area contributed by atoms with Gasteiger partial charge in [0.25, 0.3) is 0 Å². The second-order valence-electron chi connectivity index (χ2n) is 5.52. The molecule has 0 spiro atoms. The number of nitriles is 1. The molecule has 0 aliphatic heterocycles. The number of rotatable bonds is 4. The molecule has 1 atom stereocenters. The van der Waals surface area contributed by atoms with Gasteiger partial charge in [0.05, 0.1) is 11.6 Å². The lowest BCUT2D eigenvalue weighted by atomic mass is 9.91. The monoisotopic (exact) mass is 263 g/mol. The molecule has 0 heterocycles. The van der Waals surface area contributed by atoms with Gasteiger partial charge in [-0.1, -0.05) is 49.7 Å². The molecular formula is C19H21N. The second kappa shape index (κ2) is 6.39. The normalized spacial score (nSPS) is 11.9. The van der Waals surface area contributed by atoms with Gasteiger partial charge in [-0.3, -0.25) is 0 Å². The van der Waals surface area contributed by atoms with E-state index in [9.17, 15) is 0 Å². The van der Waals surface area contributed by atoms with Crippen LogP contribution in [-0.4, -0.2) is 0 Å². The first-order valence-electron chi connectivity index (χ1n) is 7.22. The van der Waals surface area contributed by atoms with Crippen molar-refractivity contribution in [1.29, 1.82) is 5.26 Å². The van der Waals surface area contributed by atoms with Gasteiger partial charge in [0.2, 0.25) is 0 Å². The lowest BCUT2D eigenvalue weighted by Gasteiger charge is -2.13. The predicted molar refractivity (Wildman–Crippen MR) is 83.8 cm³/mol. The summed E-state index contributed by atoms with van der Waals surface area (Å²) in [6, 6.07) is 17.2. The smallest absolute Gasteiger partial charge is 0.0991 e. The van der Waals surface area contributed by atoms with Crippen LogP contribution in [0.25, 0.3) is 0 Å². The Kier molecular flexibility index (Phi) is 4.58. The quantitative estimate of drug-likeness (QED) is 0.779. The van der Waals surface area contributed by atoms with Gasteiger partial charge in [-0.25, -0.2) is 0 Å². The highest BCUT2D eigenvalue weighted by molar-refractivity contribution is 5.38. The minimum atomic E-state index is 0.467. The van der Waals surface area contributed by atoms with Crippen LogP contribution in [0.15, 0.2) is 42.5 Å². The summed E-state index contributed by atoms with van der Waals surface area (Å²) in [6.45, 7) is 6.48. The topological polar surface area (TPSA) is 23.8 Å². The van der Waals surface area contributed by atoms with Crippen LogP contribution in [0.5, 0.6) is 0 Å². The van der Waals surface area contributed by atoms with Crippen molar-refractivity contribution in [3.8, 4) is 6.07 Å². The van der Waals surface area contributed by atoms with Crippen molar-refractivity contribution < 1.29 is 0 Å². The summed E-state index contributed by atoms with van der Waals surface area (Å²) in [5, 5.41) is 9.11. The molecule has 20 heavy (non-hydrogen) atoms. The summed E-state index contributed by atoms with van der Waals surface area (Å²) in [5.41, 5.74) is 5.93. The van der Waals surface area contributed by atoms with E-state index in [1.54, 1.807) is 0 Å². The average Bonchev–Trinajstić information content (AvgIpc) is 2.47. The Bertz CT molecular complexity index is 617. The molecular weight excluding hydrogens is 242 g/mol. The fourth-order valence-corrected chi connectivity index (χ4v) is 2.52. The van der Waals surface area contributed by atoms with E-state index < -0.39 is 0 Å². The van der Waals surface area contributed by atoms with Gasteiger partial charge in [-0.15, -0.1) is 0 Å². The van der Waals surface area contributed by atoms with Crippen LogP contribution in [0.3, 0.4) is 0 Å². The molecule has 1 nitrogen and oxygen atoms in total. The Hall–Kier alpha value is -2.07. The minimum Gasteiger partial charge on any atom is -0.192 e.